The second-order valence-electron chi connectivity index (χ2n) is 4.19. The molecule has 1 aliphatic carbocycles. The molecular formula is C13H16F2O2. The fraction of sp³-hybridized carbons (Fsp3) is 0.538. The van der Waals surface area contributed by atoms with Crippen molar-refractivity contribution in [2.75, 3.05) is 0 Å². The maximum absolute atomic E-state index is 13.3. The lowest BCUT2D eigenvalue weighted by molar-refractivity contribution is -0.143. The first-order valence-corrected chi connectivity index (χ1v) is 5.77. The molecule has 0 unspecified atom stereocenters. The summed E-state index contributed by atoms with van der Waals surface area (Å²) in [5.74, 6) is -4.35. The molecule has 0 aromatic heterocycles. The summed E-state index contributed by atoms with van der Waals surface area (Å²) in [5, 5.41) is 0. The van der Waals surface area contributed by atoms with Crippen molar-refractivity contribution in [3.8, 4) is 0 Å². The summed E-state index contributed by atoms with van der Waals surface area (Å²) in [6.45, 7) is 1.80. The van der Waals surface area contributed by atoms with Gasteiger partial charge in [-0.25, -0.2) is 0 Å². The van der Waals surface area contributed by atoms with Crippen LogP contribution < -0.4 is 0 Å². The molecule has 0 heterocycles. The summed E-state index contributed by atoms with van der Waals surface area (Å²) in [7, 11) is 0. The number of unbranched alkanes of at least 4 members (excludes halogenated alkanes) is 1. The Kier molecular flexibility index (Phi) is 4.73. The third-order valence-corrected chi connectivity index (χ3v) is 2.66. The minimum absolute atomic E-state index is 0.0542. The predicted octanol–water partition coefficient (Wildman–Crippen LogP) is 3.23. The molecule has 0 aliphatic heterocycles. The first kappa shape index (κ1) is 13.7. The number of halogens is 2. The summed E-state index contributed by atoms with van der Waals surface area (Å²) in [5.41, 5.74) is 0.648. The highest BCUT2D eigenvalue weighted by atomic mass is 19.3. The molecule has 0 bridgehead atoms. The van der Waals surface area contributed by atoms with Crippen molar-refractivity contribution in [3.63, 3.8) is 0 Å². The van der Waals surface area contributed by atoms with E-state index in [4.69, 9.17) is 0 Å². The maximum Gasteiger partial charge on any atom is 0.305 e. The van der Waals surface area contributed by atoms with Gasteiger partial charge in [0.05, 0.1) is 0 Å². The Labute approximate surface area is 99.4 Å². The average molecular weight is 242 g/mol. The van der Waals surface area contributed by atoms with Crippen LogP contribution in [0, 0.1) is 0 Å². The molecule has 0 saturated heterocycles. The minimum Gasteiger partial charge on any atom is -0.294 e. The van der Waals surface area contributed by atoms with Gasteiger partial charge in [0.1, 0.15) is 0 Å². The van der Waals surface area contributed by atoms with Crippen LogP contribution in [0.5, 0.6) is 0 Å². The van der Waals surface area contributed by atoms with Gasteiger partial charge in [-0.05, 0) is 18.1 Å². The van der Waals surface area contributed by atoms with Crippen molar-refractivity contribution in [1.82, 2.24) is 0 Å². The molecule has 0 atom stereocenters. The number of carbonyl (C=O) groups is 2. The summed E-state index contributed by atoms with van der Waals surface area (Å²) < 4.78 is 26.6. The highest BCUT2D eigenvalue weighted by Gasteiger charge is 2.36. The summed E-state index contributed by atoms with van der Waals surface area (Å²) in [6.07, 6.45) is 4.89. The molecule has 1 aliphatic rings. The Morgan fingerprint density at radius 3 is 2.71 bits per heavy atom. The van der Waals surface area contributed by atoms with Crippen molar-refractivity contribution in [2.45, 2.75) is 45.0 Å². The number of allylic oxidation sites excluding steroid dienone is 4. The fourth-order valence-electron chi connectivity index (χ4n) is 1.57. The first-order chi connectivity index (χ1) is 7.95. The van der Waals surface area contributed by atoms with Crippen LogP contribution >= 0.6 is 0 Å². The Balaban J connectivity index is 2.49. The van der Waals surface area contributed by atoms with Crippen LogP contribution in [0.2, 0.25) is 0 Å². The van der Waals surface area contributed by atoms with Gasteiger partial charge in [-0.3, -0.25) is 9.59 Å². The summed E-state index contributed by atoms with van der Waals surface area (Å²) >= 11 is 0. The zero-order chi connectivity index (χ0) is 12.9. The van der Waals surface area contributed by atoms with Crippen molar-refractivity contribution in [1.29, 1.82) is 0 Å². The van der Waals surface area contributed by atoms with E-state index in [1.165, 1.54) is 12.2 Å². The second-order valence-corrected chi connectivity index (χ2v) is 4.19. The standard InChI is InChI=1S/C13H16F2O2/c1-2-3-8-13(14,15)12(17)7-5-10-4-6-11(16)9-10/h4-6H,2-3,7-9H2,1H3/b10-5-. The van der Waals surface area contributed by atoms with Crippen LogP contribution in [0.1, 0.15) is 39.0 Å². The Hall–Kier alpha value is -1.32. The van der Waals surface area contributed by atoms with E-state index in [1.54, 1.807) is 13.0 Å². The minimum atomic E-state index is -3.24. The van der Waals surface area contributed by atoms with E-state index in [1.807, 2.05) is 0 Å². The van der Waals surface area contributed by atoms with Crippen molar-refractivity contribution >= 4 is 11.6 Å². The third-order valence-electron chi connectivity index (χ3n) is 2.66. The topological polar surface area (TPSA) is 34.1 Å². The zero-order valence-corrected chi connectivity index (χ0v) is 9.84. The van der Waals surface area contributed by atoms with Gasteiger partial charge in [0.25, 0.3) is 0 Å². The van der Waals surface area contributed by atoms with Crippen molar-refractivity contribution < 1.29 is 18.4 Å². The number of hydrogen-bond acceptors (Lipinski definition) is 2. The summed E-state index contributed by atoms with van der Waals surface area (Å²) in [4.78, 5) is 22.2. The lowest BCUT2D eigenvalue weighted by Gasteiger charge is -2.13. The van der Waals surface area contributed by atoms with Crippen LogP contribution in [0.4, 0.5) is 8.78 Å². The van der Waals surface area contributed by atoms with Crippen LogP contribution in [-0.2, 0) is 9.59 Å². The molecule has 0 N–H and O–H groups in total. The van der Waals surface area contributed by atoms with Gasteiger partial charge >= 0.3 is 5.92 Å². The normalized spacial score (nSPS) is 18.1. The molecule has 0 radical (unpaired) electrons. The van der Waals surface area contributed by atoms with E-state index in [0.29, 0.717) is 18.4 Å². The lowest BCUT2D eigenvalue weighted by Crippen LogP contribution is -2.27. The van der Waals surface area contributed by atoms with Gasteiger partial charge in [-0.2, -0.15) is 8.78 Å². The molecule has 0 saturated carbocycles. The van der Waals surface area contributed by atoms with Gasteiger partial charge in [0, 0.05) is 19.3 Å². The van der Waals surface area contributed by atoms with E-state index in [-0.39, 0.29) is 25.0 Å². The SMILES string of the molecule is CCCCC(F)(F)C(=O)C/C=C1/C=CC(=O)C1. The second kappa shape index (κ2) is 5.84. The van der Waals surface area contributed by atoms with Crippen LogP contribution in [-0.4, -0.2) is 17.5 Å². The van der Waals surface area contributed by atoms with Crippen LogP contribution in [0.3, 0.4) is 0 Å². The monoisotopic (exact) mass is 242 g/mol. The van der Waals surface area contributed by atoms with E-state index in [0.717, 1.165) is 0 Å². The number of rotatable bonds is 6. The maximum atomic E-state index is 13.3. The van der Waals surface area contributed by atoms with Gasteiger partial charge in [0.2, 0.25) is 5.78 Å². The summed E-state index contributed by atoms with van der Waals surface area (Å²) in [6, 6.07) is 0. The number of carbonyl (C=O) groups excluding carboxylic acids is 2. The Bertz CT molecular complexity index is 368. The molecule has 0 aromatic rings. The largest absolute Gasteiger partial charge is 0.305 e. The molecular weight excluding hydrogens is 226 g/mol. The lowest BCUT2D eigenvalue weighted by atomic mass is 10.0. The fourth-order valence-corrected chi connectivity index (χ4v) is 1.57. The van der Waals surface area contributed by atoms with Gasteiger partial charge in [0.15, 0.2) is 5.78 Å². The molecule has 17 heavy (non-hydrogen) atoms. The number of hydrogen-bond donors (Lipinski definition) is 0. The highest BCUT2D eigenvalue weighted by molar-refractivity contribution is 5.96. The number of alkyl halides is 2. The van der Waals surface area contributed by atoms with Crippen LogP contribution in [0.25, 0.3) is 0 Å². The van der Waals surface area contributed by atoms with Gasteiger partial charge < -0.3 is 0 Å². The van der Waals surface area contributed by atoms with Gasteiger partial charge in [-0.15, -0.1) is 0 Å². The first-order valence-electron chi connectivity index (χ1n) is 5.77. The third kappa shape index (κ3) is 4.21. The van der Waals surface area contributed by atoms with Crippen molar-refractivity contribution in [3.05, 3.63) is 23.8 Å². The number of Topliss-reactive ketones (excluding diaryl/α,β-unsaturated/α-hetero) is 1. The van der Waals surface area contributed by atoms with Gasteiger partial charge in [-0.1, -0.05) is 25.5 Å². The van der Waals surface area contributed by atoms with E-state index < -0.39 is 11.7 Å². The number of ketones is 2. The quantitative estimate of drug-likeness (QED) is 0.716. The zero-order valence-electron chi connectivity index (χ0n) is 9.84. The molecule has 0 amide bonds. The van der Waals surface area contributed by atoms with E-state index in [2.05, 4.69) is 0 Å². The smallest absolute Gasteiger partial charge is 0.294 e. The highest BCUT2D eigenvalue weighted by Crippen LogP contribution is 2.25. The Morgan fingerprint density at radius 1 is 1.47 bits per heavy atom. The van der Waals surface area contributed by atoms with E-state index >= 15 is 0 Å². The molecule has 0 spiro atoms. The van der Waals surface area contributed by atoms with E-state index in [9.17, 15) is 18.4 Å². The Morgan fingerprint density at radius 2 is 2.18 bits per heavy atom. The molecule has 4 heteroatoms. The average Bonchev–Trinajstić information content (AvgIpc) is 2.69. The molecule has 0 fully saturated rings. The van der Waals surface area contributed by atoms with Crippen LogP contribution in [0.15, 0.2) is 23.8 Å². The van der Waals surface area contributed by atoms with Crippen molar-refractivity contribution in [2.24, 2.45) is 0 Å². The molecule has 0 aromatic carbocycles. The molecule has 1 rings (SSSR count). The molecule has 94 valence electrons. The molecule has 2 nitrogen and oxygen atoms in total. The predicted molar refractivity (Wildman–Crippen MR) is 60.9 cm³/mol.